The molecule has 0 aliphatic carbocycles. The van der Waals surface area contributed by atoms with Crippen LogP contribution in [0.5, 0.6) is 0 Å². The number of amides is 1. The second-order valence-electron chi connectivity index (χ2n) is 7.90. The number of aliphatic hydroxyl groups excluding tert-OH is 1. The van der Waals surface area contributed by atoms with Gasteiger partial charge >= 0.3 is 0 Å². The summed E-state index contributed by atoms with van der Waals surface area (Å²) in [6, 6.07) is 8.28. The Kier molecular flexibility index (Phi) is 5.21. The van der Waals surface area contributed by atoms with Crippen molar-refractivity contribution in [3.8, 4) is 0 Å². The first-order valence-electron chi connectivity index (χ1n) is 10.6. The first-order valence-corrected chi connectivity index (χ1v) is 10.6. The number of ketones is 1. The maximum Gasteiger partial charge on any atom is 0.295 e. The number of carbonyl (C=O) groups is 2. The molecule has 1 atom stereocenters. The first-order chi connectivity index (χ1) is 16.1. The lowest BCUT2D eigenvalue weighted by molar-refractivity contribution is -0.139. The number of Topliss-reactive ketones (excluding diaryl/α,β-unsaturated/α-hetero) is 1. The highest BCUT2D eigenvalue weighted by Gasteiger charge is 2.46. The summed E-state index contributed by atoms with van der Waals surface area (Å²) in [7, 11) is 0. The number of aryl methyl sites for hydroxylation is 2. The topological polar surface area (TPSA) is 106 Å². The van der Waals surface area contributed by atoms with Crippen molar-refractivity contribution in [3.63, 3.8) is 0 Å². The SMILES string of the molecule is Cc1nc2ccccn2c1/C(O)=C1\C(=O)C(=O)N(CCCn2ccnc2)[C@H]1c1ccncc1. The number of aliphatic hydroxyl groups is 1. The average molecular weight is 442 g/mol. The molecule has 4 aromatic heterocycles. The number of fused-ring (bicyclic) bond motifs is 1. The lowest BCUT2D eigenvalue weighted by Gasteiger charge is -2.25. The van der Waals surface area contributed by atoms with Crippen molar-refractivity contribution in [2.75, 3.05) is 6.54 Å². The number of carbonyl (C=O) groups excluding carboxylic acids is 2. The molecule has 0 saturated carbocycles. The van der Waals surface area contributed by atoms with E-state index in [1.54, 1.807) is 54.6 Å². The van der Waals surface area contributed by atoms with E-state index < -0.39 is 17.7 Å². The summed E-state index contributed by atoms with van der Waals surface area (Å²) in [5.41, 5.74) is 2.38. The number of pyridine rings is 2. The van der Waals surface area contributed by atoms with Crippen LogP contribution >= 0.6 is 0 Å². The van der Waals surface area contributed by atoms with Gasteiger partial charge in [-0.1, -0.05) is 6.07 Å². The monoisotopic (exact) mass is 442 g/mol. The van der Waals surface area contributed by atoms with Crippen LogP contribution in [0.2, 0.25) is 0 Å². The van der Waals surface area contributed by atoms with Crippen LogP contribution in [0.25, 0.3) is 11.4 Å². The number of imidazole rings is 2. The van der Waals surface area contributed by atoms with Gasteiger partial charge in [-0.05, 0) is 43.2 Å². The minimum Gasteiger partial charge on any atom is -0.505 e. The Balaban J connectivity index is 1.59. The minimum absolute atomic E-state index is 0.0579. The van der Waals surface area contributed by atoms with E-state index in [1.165, 1.54) is 4.90 Å². The van der Waals surface area contributed by atoms with Gasteiger partial charge in [0.15, 0.2) is 5.76 Å². The predicted octanol–water partition coefficient (Wildman–Crippen LogP) is 2.75. The van der Waals surface area contributed by atoms with Crippen molar-refractivity contribution in [2.24, 2.45) is 0 Å². The zero-order valence-electron chi connectivity index (χ0n) is 18.0. The highest BCUT2D eigenvalue weighted by Crippen LogP contribution is 2.39. The van der Waals surface area contributed by atoms with Crippen molar-refractivity contribution in [1.29, 1.82) is 0 Å². The molecule has 5 rings (SSSR count). The van der Waals surface area contributed by atoms with Crippen molar-refractivity contribution >= 4 is 23.1 Å². The number of hydrogen-bond donors (Lipinski definition) is 1. The van der Waals surface area contributed by atoms with Crippen LogP contribution in [0.3, 0.4) is 0 Å². The maximum atomic E-state index is 13.2. The Morgan fingerprint density at radius 1 is 1.03 bits per heavy atom. The molecular formula is C24H22N6O3. The van der Waals surface area contributed by atoms with E-state index in [2.05, 4.69) is 15.0 Å². The largest absolute Gasteiger partial charge is 0.505 e. The van der Waals surface area contributed by atoms with Crippen LogP contribution in [0, 0.1) is 6.92 Å². The average Bonchev–Trinajstić information content (AvgIpc) is 3.52. The highest BCUT2D eigenvalue weighted by atomic mass is 16.3. The summed E-state index contributed by atoms with van der Waals surface area (Å²) in [5.74, 6) is -1.57. The van der Waals surface area contributed by atoms with Gasteiger partial charge in [0.1, 0.15) is 11.3 Å². The Morgan fingerprint density at radius 2 is 1.85 bits per heavy atom. The molecule has 9 nitrogen and oxygen atoms in total. The summed E-state index contributed by atoms with van der Waals surface area (Å²) >= 11 is 0. The number of nitrogens with zero attached hydrogens (tertiary/aromatic N) is 6. The van der Waals surface area contributed by atoms with E-state index >= 15 is 0 Å². The summed E-state index contributed by atoms with van der Waals surface area (Å²) in [4.78, 5) is 40.4. The lowest BCUT2D eigenvalue weighted by atomic mass is 9.97. The molecule has 0 spiro atoms. The lowest BCUT2D eigenvalue weighted by Crippen LogP contribution is -2.31. The highest BCUT2D eigenvalue weighted by molar-refractivity contribution is 6.46. The van der Waals surface area contributed by atoms with Crippen molar-refractivity contribution in [2.45, 2.75) is 25.9 Å². The fourth-order valence-corrected chi connectivity index (χ4v) is 4.37. The van der Waals surface area contributed by atoms with Crippen LogP contribution in [0.1, 0.15) is 29.4 Å². The van der Waals surface area contributed by atoms with E-state index in [0.717, 1.165) is 0 Å². The Morgan fingerprint density at radius 3 is 2.61 bits per heavy atom. The number of hydrogen-bond acceptors (Lipinski definition) is 6. The van der Waals surface area contributed by atoms with E-state index in [9.17, 15) is 14.7 Å². The molecule has 5 heterocycles. The van der Waals surface area contributed by atoms with E-state index in [1.807, 2.05) is 29.0 Å². The van der Waals surface area contributed by atoms with Gasteiger partial charge in [0, 0.05) is 44.1 Å². The van der Waals surface area contributed by atoms with Crippen molar-refractivity contribution < 1.29 is 14.7 Å². The smallest absolute Gasteiger partial charge is 0.295 e. The molecule has 9 heteroatoms. The maximum absolute atomic E-state index is 13.2. The quantitative estimate of drug-likeness (QED) is 0.280. The molecule has 1 fully saturated rings. The predicted molar refractivity (Wildman–Crippen MR) is 120 cm³/mol. The van der Waals surface area contributed by atoms with E-state index in [0.29, 0.717) is 42.1 Å². The molecular weight excluding hydrogens is 420 g/mol. The van der Waals surface area contributed by atoms with Gasteiger partial charge in [0.05, 0.1) is 23.6 Å². The van der Waals surface area contributed by atoms with Crippen LogP contribution in [0.15, 0.2) is 73.2 Å². The Labute approximate surface area is 189 Å². The molecule has 1 N–H and O–H groups in total. The number of rotatable bonds is 6. The van der Waals surface area contributed by atoms with Crippen LogP contribution in [-0.4, -0.2) is 52.2 Å². The molecule has 0 radical (unpaired) electrons. The van der Waals surface area contributed by atoms with Crippen LogP contribution in [-0.2, 0) is 16.1 Å². The summed E-state index contributed by atoms with van der Waals surface area (Å²) < 4.78 is 3.64. The van der Waals surface area contributed by atoms with Gasteiger partial charge < -0.3 is 14.6 Å². The Hall–Kier alpha value is -4.27. The third kappa shape index (κ3) is 3.57. The van der Waals surface area contributed by atoms with Gasteiger partial charge in [-0.3, -0.25) is 19.0 Å². The molecule has 1 amide bonds. The van der Waals surface area contributed by atoms with E-state index in [-0.39, 0.29) is 11.3 Å². The van der Waals surface area contributed by atoms with Crippen LogP contribution in [0.4, 0.5) is 0 Å². The molecule has 1 aliphatic heterocycles. The normalized spacial score (nSPS) is 17.8. The van der Waals surface area contributed by atoms with Gasteiger partial charge in [0.2, 0.25) is 0 Å². The molecule has 0 bridgehead atoms. The zero-order valence-corrected chi connectivity index (χ0v) is 18.0. The summed E-state index contributed by atoms with van der Waals surface area (Å²) in [5, 5.41) is 11.4. The zero-order chi connectivity index (χ0) is 22.9. The number of likely N-dealkylation sites (tertiary alicyclic amines) is 1. The third-order valence-corrected chi connectivity index (χ3v) is 5.86. The fourth-order valence-electron chi connectivity index (χ4n) is 4.37. The molecule has 0 unspecified atom stereocenters. The minimum atomic E-state index is -0.718. The second kappa shape index (κ2) is 8.34. The third-order valence-electron chi connectivity index (χ3n) is 5.86. The summed E-state index contributed by atoms with van der Waals surface area (Å²) in [6.45, 7) is 2.77. The Bertz CT molecular complexity index is 1360. The molecule has 1 saturated heterocycles. The molecule has 0 aromatic carbocycles. The van der Waals surface area contributed by atoms with Gasteiger partial charge in [-0.2, -0.15) is 0 Å². The van der Waals surface area contributed by atoms with Crippen molar-refractivity contribution in [3.05, 3.63) is 90.2 Å². The van der Waals surface area contributed by atoms with Gasteiger partial charge in [0.25, 0.3) is 11.7 Å². The van der Waals surface area contributed by atoms with Crippen molar-refractivity contribution in [1.82, 2.24) is 28.8 Å². The standard InChI is InChI=1S/C24H22N6O3/c1-16-20(29-12-3-2-5-18(29)27-16)22(31)19-21(17-6-8-25-9-7-17)30(24(33)23(19)32)13-4-11-28-14-10-26-15-28/h2-3,5-10,12,14-15,21,31H,4,11,13H2,1H3/b22-19+/t21-/m0/s1. The molecule has 1 aliphatic rings. The van der Waals surface area contributed by atoms with E-state index in [4.69, 9.17) is 0 Å². The second-order valence-corrected chi connectivity index (χ2v) is 7.90. The number of aromatic nitrogens is 5. The summed E-state index contributed by atoms with van der Waals surface area (Å²) in [6.07, 6.45) is 10.9. The first kappa shape index (κ1) is 20.6. The molecule has 33 heavy (non-hydrogen) atoms. The fraction of sp³-hybridized carbons (Fsp3) is 0.208. The molecule has 4 aromatic rings. The van der Waals surface area contributed by atoms with Gasteiger partial charge in [-0.15, -0.1) is 0 Å². The molecule has 166 valence electrons. The van der Waals surface area contributed by atoms with Crippen LogP contribution < -0.4 is 0 Å². The van der Waals surface area contributed by atoms with Gasteiger partial charge in [-0.25, -0.2) is 9.97 Å².